The molecule has 1 atom stereocenters. The van der Waals surface area contributed by atoms with Gasteiger partial charge < -0.3 is 9.42 Å². The summed E-state index contributed by atoms with van der Waals surface area (Å²) < 4.78 is 19.1. The highest BCUT2D eigenvalue weighted by molar-refractivity contribution is 5.97. The van der Waals surface area contributed by atoms with Gasteiger partial charge in [0.1, 0.15) is 11.5 Å². The molecule has 3 heterocycles. The molecule has 0 aliphatic carbocycles. The average Bonchev–Trinajstić information content (AvgIpc) is 3.25. The number of carbonyl (C=O) groups excluding carboxylic acids is 1. The highest BCUT2D eigenvalue weighted by Gasteiger charge is 2.36. The van der Waals surface area contributed by atoms with Gasteiger partial charge in [-0.15, -0.1) is 0 Å². The Labute approximate surface area is 143 Å². The summed E-state index contributed by atoms with van der Waals surface area (Å²) in [5.41, 5.74) is 1.65. The molecule has 1 aliphatic rings. The lowest BCUT2D eigenvalue weighted by molar-refractivity contribution is -0.117. The van der Waals surface area contributed by atoms with Crippen LogP contribution in [0.25, 0.3) is 11.5 Å². The van der Waals surface area contributed by atoms with Crippen LogP contribution in [0.5, 0.6) is 0 Å². The molecule has 1 amide bonds. The van der Waals surface area contributed by atoms with Crippen LogP contribution in [-0.4, -0.2) is 27.6 Å². The zero-order valence-electron chi connectivity index (χ0n) is 13.5. The van der Waals surface area contributed by atoms with E-state index in [0.29, 0.717) is 35.2 Å². The van der Waals surface area contributed by atoms with E-state index in [1.54, 1.807) is 42.3 Å². The van der Waals surface area contributed by atoms with Crippen LogP contribution < -0.4 is 4.90 Å². The lowest BCUT2D eigenvalue weighted by Crippen LogP contribution is -2.25. The largest absolute Gasteiger partial charge is 0.339 e. The van der Waals surface area contributed by atoms with Gasteiger partial charge in [-0.3, -0.25) is 9.78 Å². The second-order valence-corrected chi connectivity index (χ2v) is 5.96. The van der Waals surface area contributed by atoms with Crippen LogP contribution in [0.2, 0.25) is 0 Å². The number of halogens is 1. The number of pyridine rings is 1. The van der Waals surface area contributed by atoms with E-state index >= 15 is 0 Å². The Kier molecular flexibility index (Phi) is 3.76. The fraction of sp³-hybridized carbons (Fsp3) is 0.222. The molecule has 3 aromatic rings. The minimum Gasteiger partial charge on any atom is -0.339 e. The molecule has 1 saturated heterocycles. The van der Waals surface area contributed by atoms with E-state index in [1.807, 2.05) is 6.07 Å². The van der Waals surface area contributed by atoms with Gasteiger partial charge in [0.25, 0.3) is 0 Å². The number of aromatic nitrogens is 3. The zero-order chi connectivity index (χ0) is 17.4. The molecule has 6 nitrogen and oxygen atoms in total. The smallest absolute Gasteiger partial charge is 0.232 e. The van der Waals surface area contributed by atoms with Crippen LogP contribution in [0.1, 0.15) is 23.8 Å². The molecule has 0 spiro atoms. The second-order valence-electron chi connectivity index (χ2n) is 5.96. The summed E-state index contributed by atoms with van der Waals surface area (Å²) in [5, 5.41) is 3.95. The number of nitrogens with zero attached hydrogens (tertiary/aromatic N) is 4. The van der Waals surface area contributed by atoms with E-state index in [0.717, 1.165) is 0 Å². The SMILES string of the molecule is Cc1c(F)cccc1N1CC(c2nc(-c3ccccn3)no2)CC1=O. The Hall–Kier alpha value is -3.09. The molecule has 0 bridgehead atoms. The Morgan fingerprint density at radius 3 is 2.92 bits per heavy atom. The first-order valence-corrected chi connectivity index (χ1v) is 7.94. The summed E-state index contributed by atoms with van der Waals surface area (Å²) in [6, 6.07) is 10.2. The Morgan fingerprint density at radius 1 is 1.24 bits per heavy atom. The van der Waals surface area contributed by atoms with Gasteiger partial charge in [-0.25, -0.2) is 4.39 Å². The van der Waals surface area contributed by atoms with Gasteiger partial charge in [0.15, 0.2) is 0 Å². The van der Waals surface area contributed by atoms with E-state index in [2.05, 4.69) is 15.1 Å². The van der Waals surface area contributed by atoms with Crippen LogP contribution in [0.15, 0.2) is 47.1 Å². The van der Waals surface area contributed by atoms with Gasteiger partial charge in [0.05, 0.1) is 5.92 Å². The molecule has 0 N–H and O–H groups in total. The lowest BCUT2D eigenvalue weighted by Gasteiger charge is -2.18. The molecule has 1 unspecified atom stereocenters. The highest BCUT2D eigenvalue weighted by Crippen LogP contribution is 2.33. The number of carbonyl (C=O) groups is 1. The summed E-state index contributed by atoms with van der Waals surface area (Å²) in [4.78, 5) is 22.5. The molecule has 0 radical (unpaired) electrons. The molecule has 7 heteroatoms. The molecule has 1 aromatic carbocycles. The van der Waals surface area contributed by atoms with Gasteiger partial charge in [0.2, 0.25) is 17.6 Å². The minimum atomic E-state index is -0.330. The third-order valence-corrected chi connectivity index (χ3v) is 4.34. The summed E-state index contributed by atoms with van der Waals surface area (Å²) >= 11 is 0. The maximum Gasteiger partial charge on any atom is 0.232 e. The van der Waals surface area contributed by atoms with Crippen molar-refractivity contribution < 1.29 is 13.7 Å². The molecular weight excluding hydrogens is 323 g/mol. The van der Waals surface area contributed by atoms with Crippen LogP contribution in [0, 0.1) is 12.7 Å². The monoisotopic (exact) mass is 338 g/mol. The fourth-order valence-corrected chi connectivity index (χ4v) is 2.99. The van der Waals surface area contributed by atoms with Crippen molar-refractivity contribution in [2.45, 2.75) is 19.3 Å². The zero-order valence-corrected chi connectivity index (χ0v) is 13.5. The summed E-state index contributed by atoms with van der Waals surface area (Å²) in [6.45, 7) is 2.05. The number of benzene rings is 1. The maximum atomic E-state index is 13.8. The first-order chi connectivity index (χ1) is 12.1. The highest BCUT2D eigenvalue weighted by atomic mass is 19.1. The second kappa shape index (κ2) is 6.08. The van der Waals surface area contributed by atoms with Gasteiger partial charge in [-0.05, 0) is 31.2 Å². The van der Waals surface area contributed by atoms with E-state index in [-0.39, 0.29) is 24.1 Å². The summed E-state index contributed by atoms with van der Waals surface area (Å²) in [5.74, 6) is 0.148. The Morgan fingerprint density at radius 2 is 2.12 bits per heavy atom. The molecule has 1 fully saturated rings. The molecule has 1 aliphatic heterocycles. The van der Waals surface area contributed by atoms with Gasteiger partial charge in [0, 0.05) is 30.4 Å². The van der Waals surface area contributed by atoms with Gasteiger partial charge in [-0.2, -0.15) is 4.98 Å². The van der Waals surface area contributed by atoms with E-state index in [4.69, 9.17) is 4.52 Å². The van der Waals surface area contributed by atoms with E-state index in [9.17, 15) is 9.18 Å². The molecule has 2 aromatic heterocycles. The van der Waals surface area contributed by atoms with Crippen LogP contribution in [-0.2, 0) is 4.79 Å². The van der Waals surface area contributed by atoms with Crippen molar-refractivity contribution in [1.82, 2.24) is 15.1 Å². The molecular formula is C18H15FN4O2. The first-order valence-electron chi connectivity index (χ1n) is 7.94. The number of amides is 1. The molecule has 4 rings (SSSR count). The van der Waals surface area contributed by atoms with Gasteiger partial charge >= 0.3 is 0 Å². The molecule has 0 saturated carbocycles. The van der Waals surface area contributed by atoms with Crippen molar-refractivity contribution in [2.75, 3.05) is 11.4 Å². The summed E-state index contributed by atoms with van der Waals surface area (Å²) in [6.07, 6.45) is 1.90. The van der Waals surface area contributed by atoms with Crippen molar-refractivity contribution in [1.29, 1.82) is 0 Å². The van der Waals surface area contributed by atoms with Gasteiger partial charge in [-0.1, -0.05) is 17.3 Å². The topological polar surface area (TPSA) is 72.1 Å². The quantitative estimate of drug-likeness (QED) is 0.734. The minimum absolute atomic E-state index is 0.0868. The van der Waals surface area contributed by atoms with Crippen molar-refractivity contribution in [3.05, 3.63) is 59.9 Å². The third-order valence-electron chi connectivity index (χ3n) is 4.34. The van der Waals surface area contributed by atoms with Crippen LogP contribution in [0.4, 0.5) is 10.1 Å². The van der Waals surface area contributed by atoms with E-state index in [1.165, 1.54) is 6.07 Å². The Balaban J connectivity index is 1.59. The normalized spacial score (nSPS) is 17.3. The van der Waals surface area contributed by atoms with Crippen LogP contribution >= 0.6 is 0 Å². The third kappa shape index (κ3) is 2.77. The van der Waals surface area contributed by atoms with Crippen LogP contribution in [0.3, 0.4) is 0 Å². The molecule has 126 valence electrons. The average molecular weight is 338 g/mol. The van der Waals surface area contributed by atoms with Crippen molar-refractivity contribution in [3.8, 4) is 11.5 Å². The number of hydrogen-bond acceptors (Lipinski definition) is 5. The maximum absolute atomic E-state index is 13.8. The number of anilines is 1. The summed E-state index contributed by atoms with van der Waals surface area (Å²) in [7, 11) is 0. The van der Waals surface area contributed by atoms with Crippen molar-refractivity contribution in [3.63, 3.8) is 0 Å². The van der Waals surface area contributed by atoms with E-state index < -0.39 is 0 Å². The standard InChI is InChI=1S/C18H15FN4O2/c1-11-13(19)5-4-7-15(11)23-10-12(9-16(23)24)18-21-17(22-25-18)14-6-2-3-8-20-14/h2-8,12H,9-10H2,1H3. The van der Waals surface area contributed by atoms with Crippen molar-refractivity contribution in [2.24, 2.45) is 0 Å². The predicted molar refractivity (Wildman–Crippen MR) is 88.4 cm³/mol. The lowest BCUT2D eigenvalue weighted by atomic mass is 10.1. The number of rotatable bonds is 3. The number of hydrogen-bond donors (Lipinski definition) is 0. The fourth-order valence-electron chi connectivity index (χ4n) is 2.99. The first kappa shape index (κ1) is 15.4. The Bertz CT molecular complexity index is 926. The predicted octanol–water partition coefficient (Wildman–Crippen LogP) is 3.10. The molecule has 25 heavy (non-hydrogen) atoms. The van der Waals surface area contributed by atoms with Crippen molar-refractivity contribution >= 4 is 11.6 Å².